The van der Waals surface area contributed by atoms with E-state index < -0.39 is 16.1 Å². The number of halogens is 1. The zero-order valence-electron chi connectivity index (χ0n) is 22.9. The van der Waals surface area contributed by atoms with Crippen LogP contribution in [0.1, 0.15) is 19.8 Å². The number of carbonyl (C=O) groups excluding carboxylic acids is 2. The number of rotatable bonds is 4. The number of piperazine rings is 1. The Balaban J connectivity index is 1.24. The fourth-order valence-corrected chi connectivity index (χ4v) is 9.03. The molecule has 3 fully saturated rings. The van der Waals surface area contributed by atoms with Crippen molar-refractivity contribution in [3.63, 3.8) is 0 Å². The first-order chi connectivity index (χ1) is 19.6. The standard InChI is InChI=1S/C26H33ClN6O6S2/c1-17-29(2)21-5-6-33(28-25(21)39-17)26(35)32-8-7-31(16-20(32)15-23(34)30-9-11-38-12-10-30)41(36,37)24-13-18-3-4-19(27)14-22(18)40-24/h3-4,13-14,17,20-21H,5-12,15-16H2,1-2H3. The van der Waals surface area contributed by atoms with Crippen LogP contribution < -0.4 is 0 Å². The summed E-state index contributed by atoms with van der Waals surface area (Å²) in [7, 11) is -1.90. The Morgan fingerprint density at radius 2 is 1.90 bits per heavy atom. The molecule has 1 aromatic heterocycles. The van der Waals surface area contributed by atoms with Crippen molar-refractivity contribution in [2.24, 2.45) is 5.10 Å². The maximum atomic E-state index is 13.8. The monoisotopic (exact) mass is 624 g/mol. The predicted octanol–water partition coefficient (Wildman–Crippen LogP) is 2.29. The number of nitrogens with zero attached hydrogens (tertiary/aromatic N) is 6. The number of sulfonamides is 1. The van der Waals surface area contributed by atoms with Crippen molar-refractivity contribution >= 4 is 60.9 Å². The molecule has 222 valence electrons. The summed E-state index contributed by atoms with van der Waals surface area (Å²) >= 11 is 7.28. The molecule has 2 aromatic rings. The number of ether oxygens (including phenoxy) is 2. The Bertz CT molecular complexity index is 1480. The van der Waals surface area contributed by atoms with E-state index in [2.05, 4.69) is 10.0 Å². The number of hydrogen-bond donors (Lipinski definition) is 0. The van der Waals surface area contributed by atoms with Crippen LogP contribution in [0.15, 0.2) is 33.6 Å². The van der Waals surface area contributed by atoms with Gasteiger partial charge in [-0.3, -0.25) is 9.69 Å². The lowest BCUT2D eigenvalue weighted by atomic mass is 10.1. The van der Waals surface area contributed by atoms with E-state index in [1.807, 2.05) is 14.0 Å². The molecule has 41 heavy (non-hydrogen) atoms. The van der Waals surface area contributed by atoms with E-state index in [4.69, 9.17) is 21.1 Å². The van der Waals surface area contributed by atoms with E-state index in [1.54, 1.807) is 34.1 Å². The number of thiophene rings is 1. The van der Waals surface area contributed by atoms with Gasteiger partial charge in [-0.2, -0.15) is 4.31 Å². The van der Waals surface area contributed by atoms with Gasteiger partial charge >= 0.3 is 6.03 Å². The molecule has 0 aliphatic carbocycles. The van der Waals surface area contributed by atoms with E-state index in [-0.39, 0.29) is 54.5 Å². The molecule has 4 aliphatic rings. The number of carbonyl (C=O) groups is 2. The topological polar surface area (TPSA) is 115 Å². The molecule has 5 heterocycles. The normalized spacial score (nSPS) is 26.2. The Morgan fingerprint density at radius 1 is 1.12 bits per heavy atom. The molecule has 3 atom stereocenters. The molecule has 3 saturated heterocycles. The lowest BCUT2D eigenvalue weighted by Crippen LogP contribution is -2.60. The summed E-state index contributed by atoms with van der Waals surface area (Å²) in [5.41, 5.74) is 0. The minimum atomic E-state index is -3.87. The zero-order chi connectivity index (χ0) is 28.9. The Labute approximate surface area is 248 Å². The third-order valence-electron chi connectivity index (χ3n) is 8.21. The van der Waals surface area contributed by atoms with Gasteiger partial charge in [-0.1, -0.05) is 17.7 Å². The number of likely N-dealkylation sites (N-methyl/N-ethyl adjacent to an activating group) is 1. The second kappa shape index (κ2) is 11.3. The van der Waals surface area contributed by atoms with Crippen molar-refractivity contribution in [1.82, 2.24) is 24.0 Å². The molecule has 0 spiro atoms. The van der Waals surface area contributed by atoms with Crippen LogP contribution in [0.2, 0.25) is 5.02 Å². The Kier molecular flexibility index (Phi) is 7.89. The van der Waals surface area contributed by atoms with Crippen LogP contribution in [-0.2, 0) is 24.3 Å². The maximum absolute atomic E-state index is 13.8. The first-order valence-electron chi connectivity index (χ1n) is 13.7. The zero-order valence-corrected chi connectivity index (χ0v) is 25.3. The first-order valence-corrected chi connectivity index (χ1v) is 16.4. The number of benzene rings is 1. The molecule has 3 amide bonds. The van der Waals surface area contributed by atoms with Gasteiger partial charge in [-0.05, 0) is 44.0 Å². The van der Waals surface area contributed by atoms with Gasteiger partial charge in [0.05, 0.1) is 25.3 Å². The van der Waals surface area contributed by atoms with Gasteiger partial charge in [-0.25, -0.2) is 18.2 Å². The molecule has 12 nitrogen and oxygen atoms in total. The van der Waals surface area contributed by atoms with Gasteiger partial charge in [0.1, 0.15) is 4.21 Å². The summed E-state index contributed by atoms with van der Waals surface area (Å²) in [4.78, 5) is 32.5. The maximum Gasteiger partial charge on any atom is 0.340 e. The molecule has 15 heteroatoms. The van der Waals surface area contributed by atoms with Crippen molar-refractivity contribution in [1.29, 1.82) is 0 Å². The van der Waals surface area contributed by atoms with Crippen molar-refractivity contribution in [3.8, 4) is 0 Å². The predicted molar refractivity (Wildman–Crippen MR) is 154 cm³/mol. The van der Waals surface area contributed by atoms with Crippen molar-refractivity contribution in [3.05, 3.63) is 29.3 Å². The molecule has 0 saturated carbocycles. The van der Waals surface area contributed by atoms with Gasteiger partial charge in [0.15, 0.2) is 6.23 Å². The van der Waals surface area contributed by atoms with Crippen molar-refractivity contribution in [2.45, 2.75) is 42.3 Å². The van der Waals surface area contributed by atoms with E-state index in [0.717, 1.165) is 21.4 Å². The molecule has 0 bridgehead atoms. The smallest absolute Gasteiger partial charge is 0.340 e. The molecule has 6 rings (SSSR count). The number of urea groups is 1. The molecule has 4 aliphatic heterocycles. The summed E-state index contributed by atoms with van der Waals surface area (Å²) in [5.74, 6) is 0.373. The van der Waals surface area contributed by atoms with E-state index in [0.29, 0.717) is 50.2 Å². The average molecular weight is 625 g/mol. The fraction of sp³-hybridized carbons (Fsp3) is 0.577. The third kappa shape index (κ3) is 5.53. The lowest BCUT2D eigenvalue weighted by molar-refractivity contribution is -0.136. The minimum Gasteiger partial charge on any atom is -0.460 e. The van der Waals surface area contributed by atoms with E-state index in [1.165, 1.54) is 9.31 Å². The summed E-state index contributed by atoms with van der Waals surface area (Å²) < 4.78 is 41.2. The highest BCUT2D eigenvalue weighted by Crippen LogP contribution is 2.34. The molecule has 0 radical (unpaired) electrons. The highest BCUT2D eigenvalue weighted by molar-refractivity contribution is 7.91. The van der Waals surface area contributed by atoms with Gasteiger partial charge < -0.3 is 19.3 Å². The number of hydrazone groups is 1. The van der Waals surface area contributed by atoms with E-state index in [9.17, 15) is 18.0 Å². The van der Waals surface area contributed by atoms with Crippen LogP contribution in [0.5, 0.6) is 0 Å². The van der Waals surface area contributed by atoms with Gasteiger partial charge in [0, 0.05) is 55.4 Å². The van der Waals surface area contributed by atoms with E-state index >= 15 is 0 Å². The summed E-state index contributed by atoms with van der Waals surface area (Å²) in [6, 6.07) is 5.93. The molecular weight excluding hydrogens is 592 g/mol. The van der Waals surface area contributed by atoms with Crippen LogP contribution in [0.3, 0.4) is 0 Å². The number of hydrogen-bond acceptors (Lipinski definition) is 9. The Hall–Kier alpha value is -2.49. The van der Waals surface area contributed by atoms with Crippen molar-refractivity contribution < 1.29 is 27.5 Å². The second-order valence-corrected chi connectivity index (χ2v) is 14.4. The van der Waals surface area contributed by atoms with Crippen LogP contribution >= 0.6 is 22.9 Å². The number of amides is 3. The first kappa shape index (κ1) is 28.6. The van der Waals surface area contributed by atoms with Gasteiger partial charge in [0.25, 0.3) is 10.0 Å². The van der Waals surface area contributed by atoms with Gasteiger partial charge in [0.2, 0.25) is 11.8 Å². The van der Waals surface area contributed by atoms with Crippen LogP contribution in [0.4, 0.5) is 4.79 Å². The molecule has 1 aromatic carbocycles. The average Bonchev–Trinajstić information content (AvgIpc) is 3.53. The SMILES string of the molecule is CC1OC2=NN(C(=O)N3CCN(S(=O)(=O)c4cc5ccc(Cl)cc5s4)CC3CC(=O)N3CCOCC3)CCC2N1C. The van der Waals surface area contributed by atoms with Crippen LogP contribution in [-0.4, -0.2) is 128 Å². The second-order valence-electron chi connectivity index (χ2n) is 10.7. The molecule has 0 N–H and O–H groups in total. The summed E-state index contributed by atoms with van der Waals surface area (Å²) in [6.45, 7) is 4.43. The molecule has 3 unspecified atom stereocenters. The molecular formula is C26H33ClN6O6S2. The van der Waals surface area contributed by atoms with Crippen LogP contribution in [0.25, 0.3) is 10.1 Å². The number of morpholine rings is 1. The minimum absolute atomic E-state index is 0.00244. The Morgan fingerprint density at radius 3 is 2.68 bits per heavy atom. The van der Waals surface area contributed by atoms with Crippen molar-refractivity contribution in [2.75, 3.05) is 59.5 Å². The van der Waals surface area contributed by atoms with Gasteiger partial charge in [-0.15, -0.1) is 16.4 Å². The lowest BCUT2D eigenvalue weighted by Gasteiger charge is -2.42. The largest absolute Gasteiger partial charge is 0.460 e. The fourth-order valence-electron chi connectivity index (χ4n) is 5.73. The highest BCUT2D eigenvalue weighted by atomic mass is 35.5. The summed E-state index contributed by atoms with van der Waals surface area (Å²) in [5, 5.41) is 7.23. The van der Waals surface area contributed by atoms with Crippen LogP contribution in [0, 0.1) is 0 Å². The highest BCUT2D eigenvalue weighted by Gasteiger charge is 2.43. The third-order valence-corrected chi connectivity index (χ3v) is 11.9. The number of fused-ring (bicyclic) bond motifs is 2. The quantitative estimate of drug-likeness (QED) is 0.513. The summed E-state index contributed by atoms with van der Waals surface area (Å²) in [6.07, 6.45) is 0.544.